The summed E-state index contributed by atoms with van der Waals surface area (Å²) in [6.07, 6.45) is 29.3. The van der Waals surface area contributed by atoms with Crippen LogP contribution in [-0.4, -0.2) is 11.7 Å². The maximum absolute atomic E-state index is 8.67. The molecule has 0 aliphatic rings. The lowest BCUT2D eigenvalue weighted by atomic mass is 10.1. The first-order chi connectivity index (χ1) is 10.4. The van der Waals surface area contributed by atoms with Gasteiger partial charge in [0.05, 0.1) is 0 Å². The monoisotopic (exact) mass is 290 g/mol. The molecule has 0 aromatic rings. The lowest BCUT2D eigenvalue weighted by molar-refractivity contribution is 0.282. The highest BCUT2D eigenvalue weighted by atomic mass is 16.2. The smallest absolute Gasteiger partial charge is 0.0431 e. The van der Waals surface area contributed by atoms with E-state index in [0.717, 1.165) is 32.1 Å². The molecule has 0 aliphatic heterocycles. The Hall–Kier alpha value is -1.08. The first-order valence-electron chi connectivity index (χ1n) is 8.62. The van der Waals surface area contributed by atoms with Gasteiger partial charge in [0.1, 0.15) is 0 Å². The van der Waals surface area contributed by atoms with Crippen LogP contribution < -0.4 is 0 Å². The van der Waals surface area contributed by atoms with Crippen molar-refractivity contribution in [3.63, 3.8) is 0 Å². The van der Waals surface area contributed by atoms with Crippen LogP contribution in [-0.2, 0) is 0 Å². The number of aliphatic hydroxyl groups is 1. The molecule has 0 spiro atoms. The van der Waals surface area contributed by atoms with Crippen molar-refractivity contribution in [2.45, 2.75) is 71.1 Å². The number of unbranched alkanes of at least 4 members (excludes halogenated alkanes) is 5. The Balaban J connectivity index is 3.30. The predicted molar refractivity (Wildman–Crippen MR) is 95.5 cm³/mol. The Morgan fingerprint density at radius 1 is 0.571 bits per heavy atom. The summed E-state index contributed by atoms with van der Waals surface area (Å²) in [5, 5.41) is 8.67. The van der Waals surface area contributed by atoms with Gasteiger partial charge in [-0.15, -0.1) is 0 Å². The zero-order valence-electron chi connectivity index (χ0n) is 13.8. The van der Waals surface area contributed by atoms with Gasteiger partial charge < -0.3 is 5.11 Å². The van der Waals surface area contributed by atoms with E-state index in [1.54, 1.807) is 0 Å². The van der Waals surface area contributed by atoms with Gasteiger partial charge >= 0.3 is 0 Å². The molecule has 0 unspecified atom stereocenters. The van der Waals surface area contributed by atoms with E-state index < -0.39 is 0 Å². The van der Waals surface area contributed by atoms with Crippen molar-refractivity contribution in [1.82, 2.24) is 0 Å². The summed E-state index contributed by atoms with van der Waals surface area (Å²) in [7, 11) is 0. The van der Waals surface area contributed by atoms with Crippen LogP contribution in [0.2, 0.25) is 0 Å². The molecule has 0 bridgehead atoms. The highest BCUT2D eigenvalue weighted by Crippen LogP contribution is 2.05. The normalized spacial score (nSPS) is 12.7. The summed E-state index contributed by atoms with van der Waals surface area (Å²) < 4.78 is 0. The first kappa shape index (κ1) is 19.9. The molecule has 21 heavy (non-hydrogen) atoms. The SMILES string of the molecule is CC/C=C\C/C=C\C/C=C\C/C=C\CCCCCCCO. The number of aliphatic hydroxyl groups excluding tert-OH is 1. The molecule has 1 heteroatoms. The van der Waals surface area contributed by atoms with Gasteiger partial charge in [0.25, 0.3) is 0 Å². The summed E-state index contributed by atoms with van der Waals surface area (Å²) in [5.74, 6) is 0. The zero-order chi connectivity index (χ0) is 15.4. The number of allylic oxidation sites excluding steroid dienone is 8. The quantitative estimate of drug-likeness (QED) is 0.301. The molecule has 0 aliphatic carbocycles. The van der Waals surface area contributed by atoms with E-state index in [1.165, 1.54) is 32.1 Å². The minimum absolute atomic E-state index is 0.344. The molecule has 0 radical (unpaired) electrons. The zero-order valence-corrected chi connectivity index (χ0v) is 13.8. The van der Waals surface area contributed by atoms with Gasteiger partial charge in [-0.2, -0.15) is 0 Å². The van der Waals surface area contributed by atoms with Crippen molar-refractivity contribution in [2.75, 3.05) is 6.61 Å². The summed E-state index contributed by atoms with van der Waals surface area (Å²) in [6.45, 7) is 2.50. The maximum Gasteiger partial charge on any atom is 0.0431 e. The summed E-state index contributed by atoms with van der Waals surface area (Å²) >= 11 is 0. The van der Waals surface area contributed by atoms with Crippen LogP contribution in [0, 0.1) is 0 Å². The van der Waals surface area contributed by atoms with Gasteiger partial charge in [-0.3, -0.25) is 0 Å². The molecule has 0 aromatic carbocycles. The second kappa shape index (κ2) is 18.9. The van der Waals surface area contributed by atoms with Gasteiger partial charge in [0.15, 0.2) is 0 Å². The molecular formula is C20H34O. The molecule has 0 fully saturated rings. The van der Waals surface area contributed by atoms with Crippen LogP contribution in [0.5, 0.6) is 0 Å². The average molecular weight is 290 g/mol. The van der Waals surface area contributed by atoms with Gasteiger partial charge in [-0.25, -0.2) is 0 Å². The predicted octanol–water partition coefficient (Wildman–Crippen LogP) is 6.12. The minimum Gasteiger partial charge on any atom is -0.396 e. The summed E-state index contributed by atoms with van der Waals surface area (Å²) in [4.78, 5) is 0. The van der Waals surface area contributed by atoms with Crippen LogP contribution in [0.4, 0.5) is 0 Å². The lowest BCUT2D eigenvalue weighted by Crippen LogP contribution is -1.83. The first-order valence-corrected chi connectivity index (χ1v) is 8.62. The van der Waals surface area contributed by atoms with E-state index in [0.29, 0.717) is 6.61 Å². The van der Waals surface area contributed by atoms with Crippen molar-refractivity contribution >= 4 is 0 Å². The Bertz CT molecular complexity index is 297. The number of hydrogen-bond acceptors (Lipinski definition) is 1. The van der Waals surface area contributed by atoms with Crippen LogP contribution in [0.1, 0.15) is 71.1 Å². The Morgan fingerprint density at radius 2 is 1.05 bits per heavy atom. The summed E-state index contributed by atoms with van der Waals surface area (Å²) in [5.41, 5.74) is 0. The average Bonchev–Trinajstić information content (AvgIpc) is 2.50. The van der Waals surface area contributed by atoms with Gasteiger partial charge in [-0.1, -0.05) is 74.8 Å². The van der Waals surface area contributed by atoms with E-state index >= 15 is 0 Å². The molecule has 0 heterocycles. The molecule has 0 saturated heterocycles. The van der Waals surface area contributed by atoms with Crippen LogP contribution in [0.25, 0.3) is 0 Å². The van der Waals surface area contributed by atoms with Crippen LogP contribution in [0.3, 0.4) is 0 Å². The molecule has 0 amide bonds. The standard InChI is InChI=1S/C20H34O/c1-2-3-4-5-6-7-8-9-10-11-12-13-14-15-16-17-18-19-20-21/h3-4,6-7,9-10,12-13,21H,2,5,8,11,14-20H2,1H3/b4-3-,7-6-,10-9-,13-12-. The third-order valence-corrected chi connectivity index (χ3v) is 3.25. The van der Waals surface area contributed by atoms with Crippen molar-refractivity contribution < 1.29 is 5.11 Å². The molecule has 1 nitrogen and oxygen atoms in total. The highest BCUT2D eigenvalue weighted by Gasteiger charge is 1.87. The van der Waals surface area contributed by atoms with E-state index in [4.69, 9.17) is 5.11 Å². The van der Waals surface area contributed by atoms with E-state index in [-0.39, 0.29) is 0 Å². The Labute approximate surface area is 132 Å². The van der Waals surface area contributed by atoms with Crippen molar-refractivity contribution in [1.29, 1.82) is 0 Å². The van der Waals surface area contributed by atoms with Gasteiger partial charge in [-0.05, 0) is 44.9 Å². The molecule has 0 rings (SSSR count). The molecule has 120 valence electrons. The molecular weight excluding hydrogens is 256 g/mol. The maximum atomic E-state index is 8.67. The van der Waals surface area contributed by atoms with Crippen LogP contribution in [0.15, 0.2) is 48.6 Å². The highest BCUT2D eigenvalue weighted by molar-refractivity contribution is 4.99. The fourth-order valence-corrected chi connectivity index (χ4v) is 2.00. The number of rotatable bonds is 14. The molecule has 0 aromatic heterocycles. The Morgan fingerprint density at radius 3 is 1.62 bits per heavy atom. The fourth-order valence-electron chi connectivity index (χ4n) is 2.00. The topological polar surface area (TPSA) is 20.2 Å². The Kier molecular flexibility index (Phi) is 17.9. The fraction of sp³-hybridized carbons (Fsp3) is 0.600. The minimum atomic E-state index is 0.344. The van der Waals surface area contributed by atoms with Gasteiger partial charge in [0.2, 0.25) is 0 Å². The third-order valence-electron chi connectivity index (χ3n) is 3.25. The second-order valence-electron chi connectivity index (χ2n) is 5.28. The number of hydrogen-bond donors (Lipinski definition) is 1. The largest absolute Gasteiger partial charge is 0.396 e. The van der Waals surface area contributed by atoms with Crippen molar-refractivity contribution in [2.24, 2.45) is 0 Å². The van der Waals surface area contributed by atoms with E-state index in [1.807, 2.05) is 0 Å². The lowest BCUT2D eigenvalue weighted by Gasteiger charge is -1.97. The molecule has 0 atom stereocenters. The third kappa shape index (κ3) is 18.9. The molecule has 0 saturated carbocycles. The molecule has 1 N–H and O–H groups in total. The van der Waals surface area contributed by atoms with E-state index in [9.17, 15) is 0 Å². The summed E-state index contributed by atoms with van der Waals surface area (Å²) in [6, 6.07) is 0. The van der Waals surface area contributed by atoms with Crippen molar-refractivity contribution in [3.05, 3.63) is 48.6 Å². The van der Waals surface area contributed by atoms with Crippen molar-refractivity contribution in [3.8, 4) is 0 Å². The second-order valence-corrected chi connectivity index (χ2v) is 5.28. The van der Waals surface area contributed by atoms with Crippen LogP contribution >= 0.6 is 0 Å². The van der Waals surface area contributed by atoms with Gasteiger partial charge in [0, 0.05) is 6.61 Å². The van der Waals surface area contributed by atoms with E-state index in [2.05, 4.69) is 55.5 Å².